The summed E-state index contributed by atoms with van der Waals surface area (Å²) in [4.78, 5) is 41.6. The highest BCUT2D eigenvalue weighted by molar-refractivity contribution is 5.93. The number of phenolic OH excluding ortho intramolecular Hbond substituents is 1. The molecule has 0 saturated carbocycles. The Bertz CT molecular complexity index is 834. The predicted molar refractivity (Wildman–Crippen MR) is 133 cm³/mol. The second-order valence-corrected chi connectivity index (χ2v) is 10.1. The highest BCUT2D eigenvalue weighted by Crippen LogP contribution is 2.32. The number of carbonyl (C=O) groups is 3. The average molecular weight is 478 g/mol. The maximum Gasteiger partial charge on any atom is 0.408 e. The Morgan fingerprint density at radius 2 is 1.59 bits per heavy atom. The lowest BCUT2D eigenvalue weighted by molar-refractivity contribution is -0.146. The van der Waals surface area contributed by atoms with E-state index in [2.05, 4.69) is 10.6 Å². The summed E-state index contributed by atoms with van der Waals surface area (Å²) in [5, 5.41) is 16.2. The van der Waals surface area contributed by atoms with Crippen LogP contribution < -0.4 is 10.6 Å². The van der Waals surface area contributed by atoms with Crippen LogP contribution in [0.15, 0.2) is 24.3 Å². The van der Waals surface area contributed by atoms with Crippen LogP contribution in [0.2, 0.25) is 0 Å². The molecule has 0 bridgehead atoms. The van der Waals surface area contributed by atoms with E-state index in [0.717, 1.165) is 0 Å². The number of phenols is 1. The van der Waals surface area contributed by atoms with Gasteiger partial charge in [0.1, 0.15) is 23.4 Å². The highest BCUT2D eigenvalue weighted by atomic mass is 16.6. The molecule has 4 unspecified atom stereocenters. The molecule has 0 aliphatic rings. The van der Waals surface area contributed by atoms with Crippen LogP contribution in [0.1, 0.15) is 86.8 Å². The summed E-state index contributed by atoms with van der Waals surface area (Å²) in [6, 6.07) is 4.03. The van der Waals surface area contributed by atoms with Gasteiger partial charge in [-0.25, -0.2) is 4.79 Å². The maximum atomic E-state index is 14.1. The lowest BCUT2D eigenvalue weighted by Crippen LogP contribution is -2.57. The van der Waals surface area contributed by atoms with Crippen LogP contribution in [-0.4, -0.2) is 51.6 Å². The van der Waals surface area contributed by atoms with Gasteiger partial charge in [-0.05, 0) is 59.9 Å². The van der Waals surface area contributed by atoms with Crippen molar-refractivity contribution in [1.82, 2.24) is 15.5 Å². The molecule has 192 valence electrons. The van der Waals surface area contributed by atoms with Crippen molar-refractivity contribution in [2.24, 2.45) is 5.92 Å². The number of para-hydroxylation sites is 1. The van der Waals surface area contributed by atoms with Gasteiger partial charge < -0.3 is 25.4 Å². The quantitative estimate of drug-likeness (QED) is 0.459. The molecule has 0 saturated heterocycles. The summed E-state index contributed by atoms with van der Waals surface area (Å²) in [7, 11) is 0. The maximum absolute atomic E-state index is 14.1. The molecule has 4 atom stereocenters. The molecule has 0 aromatic heterocycles. The van der Waals surface area contributed by atoms with Gasteiger partial charge >= 0.3 is 6.09 Å². The Hall–Kier alpha value is -2.77. The highest BCUT2D eigenvalue weighted by Gasteiger charge is 2.41. The first-order valence-corrected chi connectivity index (χ1v) is 12.1. The summed E-state index contributed by atoms with van der Waals surface area (Å²) in [6.07, 6.45) is 0.505. The van der Waals surface area contributed by atoms with Gasteiger partial charge in [-0.3, -0.25) is 9.59 Å². The number of benzene rings is 1. The van der Waals surface area contributed by atoms with E-state index >= 15 is 0 Å². The Labute approximate surface area is 204 Å². The van der Waals surface area contributed by atoms with E-state index in [4.69, 9.17) is 4.74 Å². The number of aromatic hydroxyl groups is 1. The Morgan fingerprint density at radius 3 is 2.06 bits per heavy atom. The zero-order valence-electron chi connectivity index (χ0n) is 22.1. The number of hydrogen-bond donors (Lipinski definition) is 3. The fraction of sp³-hybridized carbons (Fsp3) is 0.654. The molecule has 34 heavy (non-hydrogen) atoms. The molecule has 8 nitrogen and oxygen atoms in total. The fourth-order valence-corrected chi connectivity index (χ4v) is 3.57. The largest absolute Gasteiger partial charge is 0.508 e. The number of ether oxygens (including phenoxy) is 1. The minimum atomic E-state index is -1.07. The molecular formula is C26H43N3O5. The standard InChI is InChI=1S/C26H43N3O5/c1-10-17(5)21(28-25(33)34-26(7,8)9)24(32)29(18(6)11-2)22(23(31)27-16(3)4)19-14-12-13-15-20(19)30/h12-18,21-22,30H,10-11H2,1-9H3,(H,27,31)(H,28,33). The smallest absolute Gasteiger partial charge is 0.408 e. The lowest BCUT2D eigenvalue weighted by Gasteiger charge is -2.39. The van der Waals surface area contributed by atoms with Crippen molar-refractivity contribution in [3.8, 4) is 5.75 Å². The lowest BCUT2D eigenvalue weighted by atomic mass is 9.94. The van der Waals surface area contributed by atoms with Gasteiger partial charge in [0.05, 0.1) is 0 Å². The minimum absolute atomic E-state index is 0.0762. The van der Waals surface area contributed by atoms with Gasteiger partial charge in [0.25, 0.3) is 0 Å². The van der Waals surface area contributed by atoms with Gasteiger partial charge in [0, 0.05) is 17.6 Å². The monoisotopic (exact) mass is 477 g/mol. The third-order valence-corrected chi connectivity index (χ3v) is 5.66. The van der Waals surface area contributed by atoms with Crippen LogP contribution in [0.5, 0.6) is 5.75 Å². The topological polar surface area (TPSA) is 108 Å². The minimum Gasteiger partial charge on any atom is -0.508 e. The van der Waals surface area contributed by atoms with E-state index in [1.807, 2.05) is 41.5 Å². The number of hydrogen-bond acceptors (Lipinski definition) is 5. The number of rotatable bonds is 10. The van der Waals surface area contributed by atoms with Crippen LogP contribution in [0.4, 0.5) is 4.79 Å². The van der Waals surface area contributed by atoms with Gasteiger partial charge in [-0.1, -0.05) is 45.4 Å². The van der Waals surface area contributed by atoms with Crippen molar-refractivity contribution in [3.05, 3.63) is 29.8 Å². The fourth-order valence-electron chi connectivity index (χ4n) is 3.57. The second kappa shape index (κ2) is 12.6. The van der Waals surface area contributed by atoms with Crippen LogP contribution in [-0.2, 0) is 14.3 Å². The van der Waals surface area contributed by atoms with Crippen molar-refractivity contribution < 1.29 is 24.2 Å². The first kappa shape index (κ1) is 29.3. The van der Waals surface area contributed by atoms with E-state index in [1.165, 1.54) is 11.0 Å². The summed E-state index contributed by atoms with van der Waals surface area (Å²) in [5.74, 6) is -1.09. The van der Waals surface area contributed by atoms with Crippen LogP contribution in [0, 0.1) is 5.92 Å². The van der Waals surface area contributed by atoms with Crippen molar-refractivity contribution in [2.75, 3.05) is 0 Å². The molecule has 0 spiro atoms. The number of carbonyl (C=O) groups excluding carboxylic acids is 3. The summed E-state index contributed by atoms with van der Waals surface area (Å²) >= 11 is 0. The zero-order valence-corrected chi connectivity index (χ0v) is 22.1. The Kier molecular flexibility index (Phi) is 10.9. The number of nitrogens with zero attached hydrogens (tertiary/aromatic N) is 1. The molecule has 1 rings (SSSR count). The molecule has 0 heterocycles. The van der Waals surface area contributed by atoms with E-state index in [0.29, 0.717) is 18.4 Å². The van der Waals surface area contributed by atoms with Gasteiger partial charge in [0.15, 0.2) is 0 Å². The van der Waals surface area contributed by atoms with E-state index in [9.17, 15) is 19.5 Å². The molecule has 1 aromatic carbocycles. The van der Waals surface area contributed by atoms with E-state index in [-0.39, 0.29) is 23.8 Å². The van der Waals surface area contributed by atoms with Gasteiger partial charge in [0.2, 0.25) is 11.8 Å². The zero-order chi connectivity index (χ0) is 26.2. The first-order valence-electron chi connectivity index (χ1n) is 12.1. The second-order valence-electron chi connectivity index (χ2n) is 10.1. The molecule has 0 fully saturated rings. The van der Waals surface area contributed by atoms with Crippen molar-refractivity contribution in [2.45, 2.75) is 105 Å². The Morgan fingerprint density at radius 1 is 1.00 bits per heavy atom. The third-order valence-electron chi connectivity index (χ3n) is 5.66. The molecule has 0 aliphatic heterocycles. The van der Waals surface area contributed by atoms with E-state index in [1.54, 1.807) is 39.0 Å². The van der Waals surface area contributed by atoms with Crippen molar-refractivity contribution >= 4 is 17.9 Å². The molecule has 0 radical (unpaired) electrons. The number of nitrogens with one attached hydrogen (secondary N) is 2. The van der Waals surface area contributed by atoms with Crippen LogP contribution in [0.3, 0.4) is 0 Å². The number of amides is 3. The first-order chi connectivity index (χ1) is 15.7. The molecular weight excluding hydrogens is 434 g/mol. The third kappa shape index (κ3) is 8.22. The average Bonchev–Trinajstić information content (AvgIpc) is 2.73. The molecule has 1 aromatic rings. The molecule has 8 heteroatoms. The Balaban J connectivity index is 3.57. The predicted octanol–water partition coefficient (Wildman–Crippen LogP) is 4.52. The van der Waals surface area contributed by atoms with Crippen molar-refractivity contribution in [3.63, 3.8) is 0 Å². The molecule has 3 N–H and O–H groups in total. The SMILES string of the molecule is CCC(C)C(NC(=O)OC(C)(C)C)C(=O)N(C(C)CC)C(C(=O)NC(C)C)c1ccccc1O. The number of alkyl carbamates (subject to hydrolysis) is 1. The normalized spacial score (nSPS) is 15.1. The summed E-state index contributed by atoms with van der Waals surface area (Å²) in [6.45, 7) is 16.5. The van der Waals surface area contributed by atoms with Gasteiger partial charge in [-0.2, -0.15) is 0 Å². The van der Waals surface area contributed by atoms with Crippen molar-refractivity contribution in [1.29, 1.82) is 0 Å². The van der Waals surface area contributed by atoms with Crippen LogP contribution >= 0.6 is 0 Å². The van der Waals surface area contributed by atoms with E-state index < -0.39 is 35.6 Å². The van der Waals surface area contributed by atoms with Gasteiger partial charge in [-0.15, -0.1) is 0 Å². The molecule has 0 aliphatic carbocycles. The summed E-state index contributed by atoms with van der Waals surface area (Å²) in [5.41, 5.74) is -0.395. The molecule has 3 amide bonds. The van der Waals surface area contributed by atoms with Crippen LogP contribution in [0.25, 0.3) is 0 Å². The summed E-state index contributed by atoms with van der Waals surface area (Å²) < 4.78 is 5.40.